The van der Waals surface area contributed by atoms with Crippen LogP contribution in [0.1, 0.15) is 50.5 Å². The van der Waals surface area contributed by atoms with Gasteiger partial charge in [-0.05, 0) is 57.1 Å². The van der Waals surface area contributed by atoms with Crippen molar-refractivity contribution in [2.45, 2.75) is 57.1 Å². The third kappa shape index (κ3) is 3.05. The molecule has 1 aromatic heterocycles. The number of carbonyl (C=O) groups excluding carboxylic acids is 1. The average molecular weight is 354 g/mol. The second-order valence-electron chi connectivity index (χ2n) is 8.03. The zero-order valence-corrected chi connectivity index (χ0v) is 15.1. The Morgan fingerprint density at radius 2 is 2.04 bits per heavy atom. The van der Waals surface area contributed by atoms with Crippen molar-refractivity contribution in [2.24, 2.45) is 5.41 Å². The zero-order chi connectivity index (χ0) is 18.1. The summed E-state index contributed by atoms with van der Waals surface area (Å²) >= 11 is 0. The quantitative estimate of drug-likeness (QED) is 0.879. The third-order valence-corrected chi connectivity index (χ3v) is 6.43. The van der Waals surface area contributed by atoms with Gasteiger partial charge in [0.15, 0.2) is 0 Å². The van der Waals surface area contributed by atoms with Gasteiger partial charge in [-0.3, -0.25) is 4.79 Å². The molecule has 0 bridgehead atoms. The number of hydrogen-bond acceptors (Lipinski definition) is 5. The predicted octanol–water partition coefficient (Wildman–Crippen LogP) is 2.08. The van der Waals surface area contributed by atoms with Gasteiger partial charge in [-0.25, -0.2) is 4.98 Å². The molecule has 6 heteroatoms. The molecule has 6 nitrogen and oxygen atoms in total. The Morgan fingerprint density at radius 1 is 1.23 bits per heavy atom. The number of nitriles is 1. The first kappa shape index (κ1) is 17.3. The van der Waals surface area contributed by atoms with Crippen LogP contribution in [0.25, 0.3) is 0 Å². The van der Waals surface area contributed by atoms with Crippen LogP contribution >= 0.6 is 0 Å². The fourth-order valence-electron chi connectivity index (χ4n) is 4.93. The van der Waals surface area contributed by atoms with Crippen LogP contribution in [0.4, 0.5) is 5.82 Å². The lowest BCUT2D eigenvalue weighted by Crippen LogP contribution is -2.50. The number of aliphatic hydroxyl groups excluding tert-OH is 1. The first-order valence-corrected chi connectivity index (χ1v) is 9.71. The summed E-state index contributed by atoms with van der Waals surface area (Å²) in [7, 11) is 0. The molecule has 4 rings (SSSR count). The van der Waals surface area contributed by atoms with Crippen LogP contribution in [0.2, 0.25) is 0 Å². The highest BCUT2D eigenvalue weighted by Gasteiger charge is 2.50. The van der Waals surface area contributed by atoms with Crippen molar-refractivity contribution in [2.75, 3.05) is 24.5 Å². The Labute approximate surface area is 154 Å². The van der Waals surface area contributed by atoms with Crippen LogP contribution < -0.4 is 4.90 Å². The molecule has 3 aliphatic rings. The van der Waals surface area contributed by atoms with Gasteiger partial charge in [0.2, 0.25) is 5.91 Å². The number of hydrogen-bond donors (Lipinski definition) is 1. The van der Waals surface area contributed by atoms with E-state index >= 15 is 0 Å². The molecule has 2 aliphatic heterocycles. The van der Waals surface area contributed by atoms with E-state index in [9.17, 15) is 9.90 Å². The van der Waals surface area contributed by atoms with Crippen molar-refractivity contribution < 1.29 is 9.90 Å². The maximum atomic E-state index is 13.3. The molecule has 2 saturated heterocycles. The van der Waals surface area contributed by atoms with Gasteiger partial charge in [-0.2, -0.15) is 5.26 Å². The van der Waals surface area contributed by atoms with Crippen LogP contribution in [0.3, 0.4) is 0 Å². The van der Waals surface area contributed by atoms with Gasteiger partial charge in [0.25, 0.3) is 0 Å². The largest absolute Gasteiger partial charge is 0.393 e. The molecule has 1 atom stereocenters. The smallest absolute Gasteiger partial charge is 0.230 e. The zero-order valence-electron chi connectivity index (χ0n) is 15.1. The Bertz CT molecular complexity index is 723. The van der Waals surface area contributed by atoms with E-state index in [2.05, 4.69) is 20.9 Å². The van der Waals surface area contributed by atoms with Crippen molar-refractivity contribution in [3.8, 4) is 6.07 Å². The molecular formula is C20H26N4O2. The number of pyridine rings is 1. The van der Waals surface area contributed by atoms with Gasteiger partial charge in [-0.1, -0.05) is 0 Å². The number of anilines is 1. The van der Waals surface area contributed by atoms with Gasteiger partial charge in [0, 0.05) is 31.9 Å². The molecule has 3 heterocycles. The van der Waals surface area contributed by atoms with E-state index < -0.39 is 0 Å². The molecular weight excluding hydrogens is 328 g/mol. The second kappa shape index (κ2) is 6.88. The maximum Gasteiger partial charge on any atom is 0.230 e. The van der Waals surface area contributed by atoms with Gasteiger partial charge >= 0.3 is 0 Å². The van der Waals surface area contributed by atoms with E-state index in [1.54, 1.807) is 12.3 Å². The lowest BCUT2D eigenvalue weighted by Gasteiger charge is -2.41. The molecule has 1 aromatic rings. The minimum Gasteiger partial charge on any atom is -0.393 e. The summed E-state index contributed by atoms with van der Waals surface area (Å²) in [6.07, 6.45) is 7.73. The Hall–Kier alpha value is -2.13. The first-order valence-electron chi connectivity index (χ1n) is 9.71. The lowest BCUT2D eigenvalue weighted by atomic mass is 9.78. The van der Waals surface area contributed by atoms with Crippen LogP contribution in [-0.2, 0) is 4.79 Å². The summed E-state index contributed by atoms with van der Waals surface area (Å²) < 4.78 is 0. The molecule has 1 aliphatic carbocycles. The van der Waals surface area contributed by atoms with Crippen molar-refractivity contribution in [1.29, 1.82) is 5.26 Å². The van der Waals surface area contributed by atoms with Crippen LogP contribution in [0, 0.1) is 16.7 Å². The Kier molecular flexibility index (Phi) is 4.58. The van der Waals surface area contributed by atoms with E-state index in [-0.39, 0.29) is 11.5 Å². The van der Waals surface area contributed by atoms with Crippen molar-refractivity contribution in [1.82, 2.24) is 9.88 Å². The van der Waals surface area contributed by atoms with E-state index in [1.807, 2.05) is 6.07 Å². The fraction of sp³-hybridized carbons (Fsp3) is 0.650. The molecule has 1 amide bonds. The molecule has 0 radical (unpaired) electrons. The van der Waals surface area contributed by atoms with Gasteiger partial charge in [-0.15, -0.1) is 0 Å². The summed E-state index contributed by atoms with van der Waals surface area (Å²) in [5.41, 5.74) is 0.299. The van der Waals surface area contributed by atoms with Crippen LogP contribution in [0.5, 0.6) is 0 Å². The normalized spacial score (nSPS) is 32.1. The van der Waals surface area contributed by atoms with E-state index in [0.717, 1.165) is 63.9 Å². The number of piperidine rings is 1. The molecule has 26 heavy (non-hydrogen) atoms. The predicted molar refractivity (Wildman–Crippen MR) is 97.4 cm³/mol. The molecule has 1 unspecified atom stereocenters. The molecule has 1 spiro atoms. The molecule has 3 fully saturated rings. The van der Waals surface area contributed by atoms with Crippen molar-refractivity contribution in [3.05, 3.63) is 23.9 Å². The summed E-state index contributed by atoms with van der Waals surface area (Å²) in [6, 6.07) is 5.99. The lowest BCUT2D eigenvalue weighted by molar-refractivity contribution is -0.139. The Balaban J connectivity index is 1.50. The number of aromatic nitrogens is 1. The number of amides is 1. The van der Waals surface area contributed by atoms with Crippen molar-refractivity contribution >= 4 is 11.7 Å². The van der Waals surface area contributed by atoms with Gasteiger partial charge < -0.3 is 14.9 Å². The minimum absolute atomic E-state index is 0.193. The number of nitrogens with zero attached hydrogens (tertiary/aromatic N) is 4. The number of likely N-dealkylation sites (tertiary alicyclic amines) is 1. The standard InChI is InChI=1S/C20H26N4O2/c21-13-15-6-9-22-18(12-15)23-10-1-7-20(14-23)8-11-24(19(20)26)16-2-4-17(25)5-3-16/h6,9,12,16-17,25H,1-5,7-8,10-11,14H2. The topological polar surface area (TPSA) is 80.5 Å². The first-order chi connectivity index (χ1) is 12.6. The SMILES string of the molecule is N#Cc1ccnc(N2CCCC3(CCN(C4CCC(O)CC4)C3=O)C2)c1. The van der Waals surface area contributed by atoms with Crippen molar-refractivity contribution in [3.63, 3.8) is 0 Å². The summed E-state index contributed by atoms with van der Waals surface area (Å²) in [5, 5.41) is 18.9. The molecule has 1 saturated carbocycles. The highest BCUT2D eigenvalue weighted by atomic mass is 16.3. The average Bonchev–Trinajstić information content (AvgIpc) is 2.98. The molecule has 0 aromatic carbocycles. The van der Waals surface area contributed by atoms with Crippen LogP contribution in [0.15, 0.2) is 18.3 Å². The van der Waals surface area contributed by atoms with Gasteiger partial charge in [0.1, 0.15) is 5.82 Å². The molecule has 138 valence electrons. The summed E-state index contributed by atoms with van der Waals surface area (Å²) in [5.74, 6) is 1.09. The number of aliphatic hydroxyl groups is 1. The second-order valence-corrected chi connectivity index (χ2v) is 8.03. The highest BCUT2D eigenvalue weighted by Crippen LogP contribution is 2.43. The van der Waals surface area contributed by atoms with Crippen LogP contribution in [-0.4, -0.2) is 52.7 Å². The Morgan fingerprint density at radius 3 is 2.81 bits per heavy atom. The van der Waals surface area contributed by atoms with E-state index in [4.69, 9.17) is 5.26 Å². The highest BCUT2D eigenvalue weighted by molar-refractivity contribution is 5.86. The van der Waals surface area contributed by atoms with E-state index in [0.29, 0.717) is 24.1 Å². The molecule has 1 N–H and O–H groups in total. The van der Waals surface area contributed by atoms with Gasteiger partial charge in [0.05, 0.1) is 23.2 Å². The van der Waals surface area contributed by atoms with E-state index in [1.165, 1.54) is 0 Å². The number of rotatable bonds is 2. The minimum atomic E-state index is -0.307. The fourth-order valence-corrected chi connectivity index (χ4v) is 4.93. The number of carbonyl (C=O) groups is 1. The monoisotopic (exact) mass is 354 g/mol. The maximum absolute atomic E-state index is 13.3. The third-order valence-electron chi connectivity index (χ3n) is 6.43. The summed E-state index contributed by atoms with van der Waals surface area (Å²) in [4.78, 5) is 22.0. The summed E-state index contributed by atoms with van der Waals surface area (Å²) in [6.45, 7) is 2.41.